The minimum atomic E-state index is -0.806. The van der Waals surface area contributed by atoms with E-state index in [4.69, 9.17) is 0 Å². The van der Waals surface area contributed by atoms with Crippen LogP contribution in [0.2, 0.25) is 0 Å². The molecule has 8 heteroatoms. The highest BCUT2D eigenvalue weighted by molar-refractivity contribution is 6.07. The molecule has 0 bridgehead atoms. The lowest BCUT2D eigenvalue weighted by Gasteiger charge is -2.31. The third-order valence-corrected chi connectivity index (χ3v) is 5.03. The number of hydrogen-bond acceptors (Lipinski definition) is 5. The quantitative estimate of drug-likeness (QED) is 0.351. The van der Waals surface area contributed by atoms with Crippen molar-refractivity contribution in [3.05, 3.63) is 41.5 Å². The molecule has 0 radical (unpaired) electrons. The Bertz CT molecular complexity index is 919. The molecule has 0 saturated carbocycles. The molecular formula is C29H47N3O5. The molecule has 0 spiro atoms. The van der Waals surface area contributed by atoms with Crippen LogP contribution in [-0.2, 0) is 19.1 Å². The molecule has 2 atom stereocenters. The molecule has 2 rings (SSSR count). The third kappa shape index (κ3) is 12.1. The Balaban J connectivity index is 0.00000196. The van der Waals surface area contributed by atoms with Gasteiger partial charge in [-0.15, -0.1) is 0 Å². The number of benzene rings is 1. The van der Waals surface area contributed by atoms with Gasteiger partial charge in [0.25, 0.3) is 5.91 Å². The Morgan fingerprint density at radius 2 is 1.54 bits per heavy atom. The monoisotopic (exact) mass is 517 g/mol. The largest absolute Gasteiger partial charge is 0.468 e. The highest BCUT2D eigenvalue weighted by atomic mass is 16.5. The molecule has 0 saturated heterocycles. The van der Waals surface area contributed by atoms with Crippen molar-refractivity contribution < 1.29 is 23.9 Å². The summed E-state index contributed by atoms with van der Waals surface area (Å²) < 4.78 is 4.53. The third-order valence-electron chi connectivity index (χ3n) is 5.03. The minimum Gasteiger partial charge on any atom is -0.468 e. The van der Waals surface area contributed by atoms with Gasteiger partial charge in [0.1, 0.15) is 12.6 Å². The van der Waals surface area contributed by atoms with Gasteiger partial charge in [-0.2, -0.15) is 0 Å². The van der Waals surface area contributed by atoms with E-state index in [9.17, 15) is 19.2 Å². The maximum Gasteiger partial charge on any atom is 0.325 e. The Kier molecular flexibility index (Phi) is 15.8. The first kappa shape index (κ1) is 33.8. The summed E-state index contributed by atoms with van der Waals surface area (Å²) in [7, 11) is 1.24. The van der Waals surface area contributed by atoms with Crippen molar-refractivity contribution in [1.82, 2.24) is 16.0 Å². The number of carbonyl (C=O) groups is 4. The zero-order valence-electron chi connectivity index (χ0n) is 24.2. The second kappa shape index (κ2) is 17.3. The molecule has 2 unspecified atom stereocenters. The number of hydrogen-bond donors (Lipinski definition) is 3. The highest BCUT2D eigenvalue weighted by Crippen LogP contribution is 2.30. The van der Waals surface area contributed by atoms with Crippen LogP contribution < -0.4 is 16.0 Å². The Morgan fingerprint density at radius 3 is 2.03 bits per heavy atom. The molecule has 1 aromatic rings. The van der Waals surface area contributed by atoms with Crippen molar-refractivity contribution in [2.45, 2.75) is 80.8 Å². The first-order chi connectivity index (χ1) is 17.4. The van der Waals surface area contributed by atoms with Crippen molar-refractivity contribution in [3.8, 4) is 0 Å². The number of fused-ring (bicyclic) bond motifs is 1. The second-order valence-corrected chi connectivity index (χ2v) is 10.1. The van der Waals surface area contributed by atoms with Crippen LogP contribution in [0.3, 0.4) is 0 Å². The molecule has 1 aromatic carbocycles. The fraction of sp³-hybridized carbons (Fsp3) is 0.586. The summed E-state index contributed by atoms with van der Waals surface area (Å²) in [4.78, 5) is 49.2. The van der Waals surface area contributed by atoms with E-state index in [0.29, 0.717) is 23.1 Å². The predicted octanol–water partition coefficient (Wildman–Crippen LogP) is 4.35. The number of amides is 3. The zero-order valence-corrected chi connectivity index (χ0v) is 24.2. The molecule has 0 aromatic heterocycles. The topological polar surface area (TPSA) is 114 Å². The first-order valence-electron chi connectivity index (χ1n) is 13.1. The van der Waals surface area contributed by atoms with Gasteiger partial charge in [-0.25, -0.2) is 0 Å². The van der Waals surface area contributed by atoms with Crippen LogP contribution in [0.15, 0.2) is 30.3 Å². The van der Waals surface area contributed by atoms with Gasteiger partial charge in [-0.3, -0.25) is 19.2 Å². The van der Waals surface area contributed by atoms with E-state index in [0.717, 1.165) is 5.92 Å². The van der Waals surface area contributed by atoms with Gasteiger partial charge in [-0.05, 0) is 41.4 Å². The van der Waals surface area contributed by atoms with Gasteiger partial charge >= 0.3 is 5.97 Å². The first-order valence-corrected chi connectivity index (χ1v) is 13.1. The summed E-state index contributed by atoms with van der Waals surface area (Å²) >= 11 is 0. The normalized spacial score (nSPS) is 16.0. The number of nitrogens with one attached hydrogen (secondary N) is 3. The SMILES string of the molecule is CC.CC(C)C.COC(=O)CNC(=O)C(CC(C)C)NC(=O)/C=C1/c2ccccc2C(=O)NC1C(C)C. The lowest BCUT2D eigenvalue weighted by molar-refractivity contribution is -0.141. The molecule has 37 heavy (non-hydrogen) atoms. The molecule has 208 valence electrons. The van der Waals surface area contributed by atoms with Gasteiger partial charge in [0.2, 0.25) is 11.8 Å². The molecule has 3 amide bonds. The fourth-order valence-corrected chi connectivity index (χ4v) is 3.50. The lowest BCUT2D eigenvalue weighted by Crippen LogP contribution is -2.48. The van der Waals surface area contributed by atoms with E-state index in [1.165, 1.54) is 13.2 Å². The molecule has 0 aliphatic carbocycles. The highest BCUT2D eigenvalue weighted by Gasteiger charge is 2.31. The molecule has 1 aliphatic rings. The molecule has 1 heterocycles. The summed E-state index contributed by atoms with van der Waals surface area (Å²) in [6.45, 7) is 18.0. The van der Waals surface area contributed by atoms with E-state index in [1.54, 1.807) is 12.1 Å². The summed E-state index contributed by atoms with van der Waals surface area (Å²) in [5, 5.41) is 8.19. The van der Waals surface area contributed by atoms with E-state index < -0.39 is 23.8 Å². The molecule has 0 fully saturated rings. The van der Waals surface area contributed by atoms with Gasteiger partial charge in [-0.1, -0.05) is 80.5 Å². The van der Waals surface area contributed by atoms with E-state index in [1.807, 2.05) is 53.7 Å². The van der Waals surface area contributed by atoms with Crippen LogP contribution in [0.4, 0.5) is 0 Å². The number of rotatable bonds is 8. The number of carbonyl (C=O) groups excluding carboxylic acids is 4. The maximum atomic E-state index is 12.9. The molecular weight excluding hydrogens is 470 g/mol. The average molecular weight is 518 g/mol. The van der Waals surface area contributed by atoms with Crippen molar-refractivity contribution in [2.24, 2.45) is 17.8 Å². The van der Waals surface area contributed by atoms with E-state index in [2.05, 4.69) is 41.5 Å². The molecule has 1 aliphatic heterocycles. The van der Waals surface area contributed by atoms with Crippen LogP contribution in [-0.4, -0.2) is 49.4 Å². The summed E-state index contributed by atoms with van der Waals surface area (Å²) in [5.74, 6) is -0.605. The lowest BCUT2D eigenvalue weighted by atomic mass is 9.84. The van der Waals surface area contributed by atoms with Crippen molar-refractivity contribution >= 4 is 29.3 Å². The molecule has 3 N–H and O–H groups in total. The Hall–Kier alpha value is -3.16. The van der Waals surface area contributed by atoms with Crippen molar-refractivity contribution in [2.75, 3.05) is 13.7 Å². The standard InChI is InChI=1S/C23H31N3O5.C4H10.C2H6/c1-13(2)10-18(23(30)24-12-20(28)31-5)25-19(27)11-17-15-8-6-7-9-16(15)22(29)26-21(17)14(3)4;1-4(2)3;1-2/h6-9,11,13-14,18,21H,10,12H2,1-5H3,(H,24,30)(H,25,27)(H,26,29);4H,1-3H3;1-2H3/b17-11-;;. The van der Waals surface area contributed by atoms with Crippen LogP contribution >= 0.6 is 0 Å². The second-order valence-electron chi connectivity index (χ2n) is 10.1. The molecule has 8 nitrogen and oxygen atoms in total. The summed E-state index contributed by atoms with van der Waals surface area (Å²) in [5.41, 5.74) is 1.91. The van der Waals surface area contributed by atoms with Crippen LogP contribution in [0.1, 0.15) is 84.7 Å². The summed E-state index contributed by atoms with van der Waals surface area (Å²) in [6, 6.07) is 6.00. The van der Waals surface area contributed by atoms with Gasteiger partial charge in [0, 0.05) is 11.6 Å². The van der Waals surface area contributed by atoms with Gasteiger partial charge < -0.3 is 20.7 Å². The van der Waals surface area contributed by atoms with Gasteiger partial charge in [0.05, 0.1) is 13.2 Å². The van der Waals surface area contributed by atoms with Crippen molar-refractivity contribution in [1.29, 1.82) is 0 Å². The number of methoxy groups -OCH3 is 1. The number of ether oxygens (including phenoxy) is 1. The minimum absolute atomic E-state index is 0.0613. The number of esters is 1. The smallest absolute Gasteiger partial charge is 0.325 e. The van der Waals surface area contributed by atoms with Crippen LogP contribution in [0.25, 0.3) is 5.57 Å². The average Bonchev–Trinajstić information content (AvgIpc) is 2.84. The van der Waals surface area contributed by atoms with E-state index in [-0.39, 0.29) is 30.3 Å². The van der Waals surface area contributed by atoms with Crippen LogP contribution in [0.5, 0.6) is 0 Å². The van der Waals surface area contributed by atoms with Crippen LogP contribution in [0, 0.1) is 17.8 Å². The zero-order chi connectivity index (χ0) is 28.7. The van der Waals surface area contributed by atoms with Crippen molar-refractivity contribution in [3.63, 3.8) is 0 Å². The van der Waals surface area contributed by atoms with E-state index >= 15 is 0 Å². The fourth-order valence-electron chi connectivity index (χ4n) is 3.50. The predicted molar refractivity (Wildman–Crippen MR) is 149 cm³/mol. The summed E-state index contributed by atoms with van der Waals surface area (Å²) in [6.07, 6.45) is 1.85. The Labute approximate surface area is 223 Å². The van der Waals surface area contributed by atoms with Gasteiger partial charge in [0.15, 0.2) is 0 Å². The maximum absolute atomic E-state index is 12.9. The Morgan fingerprint density at radius 1 is 1.00 bits per heavy atom.